The summed E-state index contributed by atoms with van der Waals surface area (Å²) in [5.74, 6) is -0.270. The average Bonchev–Trinajstić information content (AvgIpc) is 2.98. The van der Waals surface area contributed by atoms with Gasteiger partial charge in [-0.15, -0.1) is 0 Å². The molecule has 3 heterocycles. The SMILES string of the molecule is Cn1c(C(=O)NCc2ccc(Cl)cc2)cc2c(=O)n3ccccc3nc21. The van der Waals surface area contributed by atoms with Crippen molar-refractivity contribution in [3.8, 4) is 0 Å². The lowest BCUT2D eigenvalue weighted by Crippen LogP contribution is -2.24. The van der Waals surface area contributed by atoms with Crippen LogP contribution in [0.15, 0.2) is 59.5 Å². The van der Waals surface area contributed by atoms with Crippen LogP contribution in [0.1, 0.15) is 16.1 Å². The number of rotatable bonds is 3. The molecule has 0 unspecified atom stereocenters. The molecule has 0 aliphatic rings. The van der Waals surface area contributed by atoms with E-state index in [4.69, 9.17) is 11.6 Å². The van der Waals surface area contributed by atoms with Crippen molar-refractivity contribution in [2.45, 2.75) is 6.54 Å². The maximum absolute atomic E-state index is 12.7. The third-order valence-corrected chi connectivity index (χ3v) is 4.56. The largest absolute Gasteiger partial charge is 0.347 e. The Bertz CT molecular complexity index is 1190. The van der Waals surface area contributed by atoms with Gasteiger partial charge in [0.2, 0.25) is 0 Å². The number of benzene rings is 1. The monoisotopic (exact) mass is 366 g/mol. The van der Waals surface area contributed by atoms with Crippen LogP contribution in [0.5, 0.6) is 0 Å². The molecule has 0 atom stereocenters. The van der Waals surface area contributed by atoms with E-state index >= 15 is 0 Å². The molecular formula is C19H15ClN4O2. The maximum atomic E-state index is 12.7. The minimum atomic E-state index is -0.270. The Kier molecular flexibility index (Phi) is 3.97. The van der Waals surface area contributed by atoms with E-state index in [1.165, 1.54) is 4.40 Å². The molecule has 1 N–H and O–H groups in total. The van der Waals surface area contributed by atoms with Gasteiger partial charge in [0.1, 0.15) is 17.0 Å². The Hall–Kier alpha value is -3.12. The molecule has 0 aliphatic heterocycles. The second-order valence-electron chi connectivity index (χ2n) is 5.98. The van der Waals surface area contributed by atoms with Gasteiger partial charge in [-0.05, 0) is 35.9 Å². The first kappa shape index (κ1) is 16.4. The summed E-state index contributed by atoms with van der Waals surface area (Å²) in [5.41, 5.74) is 2.15. The smallest absolute Gasteiger partial charge is 0.268 e. The van der Waals surface area contributed by atoms with Gasteiger partial charge in [0, 0.05) is 24.8 Å². The lowest BCUT2D eigenvalue weighted by atomic mass is 10.2. The van der Waals surface area contributed by atoms with Crippen LogP contribution in [0.4, 0.5) is 0 Å². The fourth-order valence-electron chi connectivity index (χ4n) is 2.91. The Morgan fingerprint density at radius 2 is 1.96 bits per heavy atom. The molecule has 0 fully saturated rings. The number of carbonyl (C=O) groups excluding carboxylic acids is 1. The normalized spacial score (nSPS) is 11.2. The minimum Gasteiger partial charge on any atom is -0.347 e. The summed E-state index contributed by atoms with van der Waals surface area (Å²) in [4.78, 5) is 29.7. The zero-order valence-electron chi connectivity index (χ0n) is 13.9. The van der Waals surface area contributed by atoms with E-state index in [0.29, 0.717) is 33.9 Å². The number of carbonyl (C=O) groups is 1. The van der Waals surface area contributed by atoms with Crippen molar-refractivity contribution >= 4 is 34.2 Å². The van der Waals surface area contributed by atoms with Crippen molar-refractivity contribution in [3.63, 3.8) is 0 Å². The number of amides is 1. The summed E-state index contributed by atoms with van der Waals surface area (Å²) in [6.07, 6.45) is 1.66. The van der Waals surface area contributed by atoms with Crippen molar-refractivity contribution in [3.05, 3.63) is 81.4 Å². The van der Waals surface area contributed by atoms with Gasteiger partial charge in [0.05, 0.1) is 5.39 Å². The molecule has 130 valence electrons. The quantitative estimate of drug-likeness (QED) is 0.606. The molecule has 3 aromatic heterocycles. The second-order valence-corrected chi connectivity index (χ2v) is 6.42. The number of nitrogens with one attached hydrogen (secondary N) is 1. The number of hydrogen-bond donors (Lipinski definition) is 1. The van der Waals surface area contributed by atoms with E-state index in [-0.39, 0.29) is 11.5 Å². The number of pyridine rings is 1. The van der Waals surface area contributed by atoms with Gasteiger partial charge in [0.15, 0.2) is 0 Å². The molecule has 6 nitrogen and oxygen atoms in total. The highest BCUT2D eigenvalue weighted by Gasteiger charge is 2.17. The van der Waals surface area contributed by atoms with Gasteiger partial charge in [0.25, 0.3) is 11.5 Å². The van der Waals surface area contributed by atoms with Crippen LogP contribution in [-0.4, -0.2) is 19.9 Å². The molecule has 26 heavy (non-hydrogen) atoms. The molecule has 0 saturated heterocycles. The van der Waals surface area contributed by atoms with Crippen LogP contribution in [0.3, 0.4) is 0 Å². The topological polar surface area (TPSA) is 68.4 Å². The van der Waals surface area contributed by atoms with E-state index < -0.39 is 0 Å². The molecule has 0 aliphatic carbocycles. The molecule has 7 heteroatoms. The minimum absolute atomic E-state index is 0.196. The molecule has 0 saturated carbocycles. The van der Waals surface area contributed by atoms with Crippen LogP contribution in [0.25, 0.3) is 16.7 Å². The van der Waals surface area contributed by atoms with Gasteiger partial charge >= 0.3 is 0 Å². The predicted octanol–water partition coefficient (Wildman–Crippen LogP) is 2.77. The van der Waals surface area contributed by atoms with Gasteiger partial charge in [-0.25, -0.2) is 4.98 Å². The van der Waals surface area contributed by atoms with Gasteiger partial charge in [-0.3, -0.25) is 14.0 Å². The van der Waals surface area contributed by atoms with Crippen molar-refractivity contribution in [1.29, 1.82) is 0 Å². The number of aromatic nitrogens is 3. The first-order valence-corrected chi connectivity index (χ1v) is 8.42. The van der Waals surface area contributed by atoms with E-state index in [9.17, 15) is 9.59 Å². The number of halogens is 1. The first-order chi connectivity index (χ1) is 12.5. The molecule has 0 bridgehead atoms. The summed E-state index contributed by atoms with van der Waals surface area (Å²) in [6.45, 7) is 0.367. The second kappa shape index (κ2) is 6.31. The first-order valence-electron chi connectivity index (χ1n) is 8.04. The van der Waals surface area contributed by atoms with Crippen molar-refractivity contribution in [1.82, 2.24) is 19.3 Å². The van der Waals surface area contributed by atoms with Crippen LogP contribution in [0, 0.1) is 0 Å². The third kappa shape index (κ3) is 2.74. The third-order valence-electron chi connectivity index (χ3n) is 4.31. The number of aryl methyl sites for hydroxylation is 1. The van der Waals surface area contributed by atoms with E-state index in [1.807, 2.05) is 18.2 Å². The lowest BCUT2D eigenvalue weighted by Gasteiger charge is -2.07. The zero-order valence-corrected chi connectivity index (χ0v) is 14.7. The summed E-state index contributed by atoms with van der Waals surface area (Å²) < 4.78 is 3.11. The van der Waals surface area contributed by atoms with Gasteiger partial charge in [-0.2, -0.15) is 0 Å². The fourth-order valence-corrected chi connectivity index (χ4v) is 3.04. The summed E-state index contributed by atoms with van der Waals surface area (Å²) in [6, 6.07) is 14.2. The van der Waals surface area contributed by atoms with Crippen LogP contribution < -0.4 is 10.9 Å². The molecule has 0 spiro atoms. The Morgan fingerprint density at radius 3 is 2.73 bits per heavy atom. The standard InChI is InChI=1S/C19H15ClN4O2/c1-23-15(18(25)21-11-12-5-7-13(20)8-6-12)10-14-17(23)22-16-4-2-3-9-24(16)19(14)26/h2-10H,11H2,1H3,(H,21,25). The summed E-state index contributed by atoms with van der Waals surface area (Å²) in [7, 11) is 1.73. The molecule has 1 amide bonds. The number of fused-ring (bicyclic) bond motifs is 2. The highest BCUT2D eigenvalue weighted by Crippen LogP contribution is 2.15. The van der Waals surface area contributed by atoms with E-state index in [0.717, 1.165) is 5.56 Å². The molecule has 4 rings (SSSR count). The van der Waals surface area contributed by atoms with Crippen LogP contribution in [0.2, 0.25) is 5.02 Å². The van der Waals surface area contributed by atoms with Crippen LogP contribution >= 0.6 is 11.6 Å². The van der Waals surface area contributed by atoms with Crippen molar-refractivity contribution in [2.24, 2.45) is 7.05 Å². The predicted molar refractivity (Wildman–Crippen MR) is 101 cm³/mol. The highest BCUT2D eigenvalue weighted by molar-refractivity contribution is 6.30. The zero-order chi connectivity index (χ0) is 18.3. The molecule has 4 aromatic rings. The molecular weight excluding hydrogens is 352 g/mol. The number of nitrogens with zero attached hydrogens (tertiary/aromatic N) is 3. The molecule has 0 radical (unpaired) electrons. The van der Waals surface area contributed by atoms with Crippen molar-refractivity contribution < 1.29 is 4.79 Å². The lowest BCUT2D eigenvalue weighted by molar-refractivity contribution is 0.0943. The molecule has 1 aromatic carbocycles. The maximum Gasteiger partial charge on any atom is 0.268 e. The van der Waals surface area contributed by atoms with Gasteiger partial charge < -0.3 is 9.88 Å². The van der Waals surface area contributed by atoms with Crippen LogP contribution in [-0.2, 0) is 13.6 Å². The Balaban J connectivity index is 1.69. The summed E-state index contributed by atoms with van der Waals surface area (Å²) in [5, 5.41) is 3.91. The average molecular weight is 367 g/mol. The fraction of sp³-hybridized carbons (Fsp3) is 0.105. The van der Waals surface area contributed by atoms with E-state index in [1.54, 1.807) is 48.1 Å². The number of hydrogen-bond acceptors (Lipinski definition) is 3. The van der Waals surface area contributed by atoms with Crippen molar-refractivity contribution in [2.75, 3.05) is 0 Å². The Morgan fingerprint density at radius 1 is 1.19 bits per heavy atom. The Labute approximate surface area is 153 Å². The highest BCUT2D eigenvalue weighted by atomic mass is 35.5. The van der Waals surface area contributed by atoms with E-state index in [2.05, 4.69) is 10.3 Å². The summed E-state index contributed by atoms with van der Waals surface area (Å²) >= 11 is 5.87. The van der Waals surface area contributed by atoms with Gasteiger partial charge in [-0.1, -0.05) is 29.8 Å².